The van der Waals surface area contributed by atoms with E-state index in [1.807, 2.05) is 17.7 Å². The molecule has 106 valence electrons. The van der Waals surface area contributed by atoms with Crippen LogP contribution in [0.2, 0.25) is 0 Å². The van der Waals surface area contributed by atoms with Gasteiger partial charge in [-0.05, 0) is 47.5 Å². The molecule has 1 N–H and O–H groups in total. The van der Waals surface area contributed by atoms with E-state index in [0.717, 1.165) is 17.4 Å². The summed E-state index contributed by atoms with van der Waals surface area (Å²) in [5.41, 5.74) is 1.49. The Morgan fingerprint density at radius 1 is 1.45 bits per heavy atom. The third-order valence-corrected chi connectivity index (χ3v) is 3.51. The van der Waals surface area contributed by atoms with Gasteiger partial charge in [0.2, 0.25) is 0 Å². The minimum absolute atomic E-state index is 0.238. The van der Waals surface area contributed by atoms with Crippen LogP contribution in [0.15, 0.2) is 34.9 Å². The molecule has 2 rings (SSSR count). The molecule has 1 amide bonds. The Morgan fingerprint density at radius 2 is 2.20 bits per heavy atom. The Morgan fingerprint density at radius 3 is 2.90 bits per heavy atom. The standard InChI is InChI=1S/C15H16BrFN2O/c1-3-7-19-9-11(16)8-14(19)15(20)18-13-6-4-5-12(17)10(13)2/h4-6,8-9H,3,7H2,1-2H3,(H,18,20). The van der Waals surface area contributed by atoms with Gasteiger partial charge < -0.3 is 9.88 Å². The predicted octanol–water partition coefficient (Wildman–Crippen LogP) is 4.36. The molecule has 0 bridgehead atoms. The fraction of sp³-hybridized carbons (Fsp3) is 0.267. The maximum atomic E-state index is 13.5. The molecule has 1 aromatic carbocycles. The summed E-state index contributed by atoms with van der Waals surface area (Å²) < 4.78 is 16.2. The van der Waals surface area contributed by atoms with Gasteiger partial charge in [0, 0.05) is 28.5 Å². The lowest BCUT2D eigenvalue weighted by atomic mass is 10.2. The number of rotatable bonds is 4. The van der Waals surface area contributed by atoms with E-state index in [1.165, 1.54) is 6.07 Å². The van der Waals surface area contributed by atoms with Crippen LogP contribution in [-0.4, -0.2) is 10.5 Å². The normalized spacial score (nSPS) is 10.6. The van der Waals surface area contributed by atoms with E-state index in [2.05, 4.69) is 21.2 Å². The molecule has 0 aliphatic carbocycles. The fourth-order valence-corrected chi connectivity index (χ4v) is 2.48. The average molecular weight is 339 g/mol. The molecule has 20 heavy (non-hydrogen) atoms. The summed E-state index contributed by atoms with van der Waals surface area (Å²) in [6.07, 6.45) is 2.80. The SMILES string of the molecule is CCCn1cc(Br)cc1C(=O)Nc1cccc(F)c1C. The van der Waals surface area contributed by atoms with Crippen molar-refractivity contribution in [2.24, 2.45) is 0 Å². The molecule has 0 atom stereocenters. The summed E-state index contributed by atoms with van der Waals surface area (Å²) in [6.45, 7) is 4.45. The maximum absolute atomic E-state index is 13.5. The van der Waals surface area contributed by atoms with Crippen LogP contribution in [0.3, 0.4) is 0 Å². The topological polar surface area (TPSA) is 34.0 Å². The lowest BCUT2D eigenvalue weighted by Gasteiger charge is -2.11. The summed E-state index contributed by atoms with van der Waals surface area (Å²) in [5.74, 6) is -0.564. The van der Waals surface area contributed by atoms with Crippen molar-refractivity contribution in [1.82, 2.24) is 4.57 Å². The molecule has 0 radical (unpaired) electrons. The molecular formula is C15H16BrFN2O. The second-order valence-electron chi connectivity index (χ2n) is 4.60. The highest BCUT2D eigenvalue weighted by Crippen LogP contribution is 2.20. The number of anilines is 1. The highest BCUT2D eigenvalue weighted by Gasteiger charge is 2.14. The number of hydrogen-bond donors (Lipinski definition) is 1. The number of nitrogens with zero attached hydrogens (tertiary/aromatic N) is 1. The molecule has 0 saturated heterocycles. The van der Waals surface area contributed by atoms with E-state index in [4.69, 9.17) is 0 Å². The number of benzene rings is 1. The largest absolute Gasteiger partial charge is 0.342 e. The van der Waals surface area contributed by atoms with E-state index in [-0.39, 0.29) is 11.7 Å². The first-order chi connectivity index (χ1) is 9.52. The minimum Gasteiger partial charge on any atom is -0.342 e. The number of carbonyl (C=O) groups is 1. The molecule has 3 nitrogen and oxygen atoms in total. The highest BCUT2D eigenvalue weighted by molar-refractivity contribution is 9.10. The number of amides is 1. The summed E-state index contributed by atoms with van der Waals surface area (Å²) in [6, 6.07) is 6.42. The Labute approximate surface area is 125 Å². The van der Waals surface area contributed by atoms with Crippen LogP contribution in [-0.2, 0) is 6.54 Å². The van der Waals surface area contributed by atoms with Gasteiger partial charge in [-0.25, -0.2) is 4.39 Å². The molecule has 0 spiro atoms. The summed E-state index contributed by atoms with van der Waals surface area (Å²) in [5, 5.41) is 2.76. The van der Waals surface area contributed by atoms with Crippen molar-refractivity contribution in [2.45, 2.75) is 26.8 Å². The summed E-state index contributed by atoms with van der Waals surface area (Å²) in [7, 11) is 0. The van der Waals surface area contributed by atoms with E-state index in [1.54, 1.807) is 25.1 Å². The monoisotopic (exact) mass is 338 g/mol. The summed E-state index contributed by atoms with van der Waals surface area (Å²) in [4.78, 5) is 12.3. The Bertz CT molecular complexity index is 637. The quantitative estimate of drug-likeness (QED) is 0.882. The lowest BCUT2D eigenvalue weighted by Crippen LogP contribution is -2.17. The van der Waals surface area contributed by atoms with Crippen LogP contribution in [0.25, 0.3) is 0 Å². The first-order valence-corrected chi connectivity index (χ1v) is 7.24. The zero-order valence-corrected chi connectivity index (χ0v) is 13.0. The molecule has 1 aromatic heterocycles. The van der Waals surface area contributed by atoms with Gasteiger partial charge in [-0.3, -0.25) is 4.79 Å². The van der Waals surface area contributed by atoms with Crippen molar-refractivity contribution in [3.8, 4) is 0 Å². The van der Waals surface area contributed by atoms with E-state index >= 15 is 0 Å². The molecule has 0 aliphatic heterocycles. The van der Waals surface area contributed by atoms with Gasteiger partial charge >= 0.3 is 0 Å². The smallest absolute Gasteiger partial charge is 0.272 e. The first-order valence-electron chi connectivity index (χ1n) is 6.45. The number of nitrogens with one attached hydrogen (secondary N) is 1. The van der Waals surface area contributed by atoms with Gasteiger partial charge in [-0.2, -0.15) is 0 Å². The zero-order chi connectivity index (χ0) is 14.7. The van der Waals surface area contributed by atoms with Gasteiger partial charge in [0.1, 0.15) is 11.5 Å². The van der Waals surface area contributed by atoms with Crippen LogP contribution in [0.1, 0.15) is 29.4 Å². The molecule has 1 heterocycles. The van der Waals surface area contributed by atoms with Gasteiger partial charge in [0.15, 0.2) is 0 Å². The molecule has 5 heteroatoms. The van der Waals surface area contributed by atoms with Crippen LogP contribution in [0, 0.1) is 12.7 Å². The predicted molar refractivity (Wildman–Crippen MR) is 81.5 cm³/mol. The first kappa shape index (κ1) is 14.8. The summed E-state index contributed by atoms with van der Waals surface area (Å²) >= 11 is 3.37. The third-order valence-electron chi connectivity index (χ3n) is 3.08. The van der Waals surface area contributed by atoms with Crippen molar-refractivity contribution in [2.75, 3.05) is 5.32 Å². The molecule has 0 unspecified atom stereocenters. The van der Waals surface area contributed by atoms with E-state index < -0.39 is 0 Å². The van der Waals surface area contributed by atoms with Crippen molar-refractivity contribution in [3.05, 3.63) is 52.0 Å². The minimum atomic E-state index is -0.326. The Balaban J connectivity index is 2.26. The van der Waals surface area contributed by atoms with E-state index in [9.17, 15) is 9.18 Å². The van der Waals surface area contributed by atoms with E-state index in [0.29, 0.717) is 16.9 Å². The van der Waals surface area contributed by atoms with Crippen LogP contribution in [0.4, 0.5) is 10.1 Å². The molecule has 0 aliphatic rings. The molecule has 0 saturated carbocycles. The number of aromatic nitrogens is 1. The number of hydrogen-bond acceptors (Lipinski definition) is 1. The number of aryl methyl sites for hydroxylation is 1. The fourth-order valence-electron chi connectivity index (χ4n) is 2.02. The van der Waals surface area contributed by atoms with Crippen molar-refractivity contribution >= 4 is 27.5 Å². The van der Waals surface area contributed by atoms with Gasteiger partial charge in [0.25, 0.3) is 5.91 Å². The number of carbonyl (C=O) groups excluding carboxylic acids is 1. The third kappa shape index (κ3) is 3.10. The van der Waals surface area contributed by atoms with Gasteiger partial charge in [-0.1, -0.05) is 13.0 Å². The highest BCUT2D eigenvalue weighted by atomic mass is 79.9. The molecular weight excluding hydrogens is 323 g/mol. The van der Waals surface area contributed by atoms with Crippen LogP contribution in [0.5, 0.6) is 0 Å². The lowest BCUT2D eigenvalue weighted by molar-refractivity contribution is 0.101. The Hall–Kier alpha value is -1.62. The van der Waals surface area contributed by atoms with Crippen LogP contribution < -0.4 is 5.32 Å². The maximum Gasteiger partial charge on any atom is 0.272 e. The second kappa shape index (κ2) is 6.22. The zero-order valence-electron chi connectivity index (χ0n) is 11.4. The van der Waals surface area contributed by atoms with Crippen molar-refractivity contribution in [3.63, 3.8) is 0 Å². The van der Waals surface area contributed by atoms with Crippen molar-refractivity contribution in [1.29, 1.82) is 0 Å². The number of halogens is 2. The molecule has 0 fully saturated rings. The Kier molecular flexibility index (Phi) is 4.60. The van der Waals surface area contributed by atoms with Gasteiger partial charge in [-0.15, -0.1) is 0 Å². The van der Waals surface area contributed by atoms with Crippen LogP contribution >= 0.6 is 15.9 Å². The van der Waals surface area contributed by atoms with Gasteiger partial charge in [0.05, 0.1) is 0 Å². The van der Waals surface area contributed by atoms with Crippen molar-refractivity contribution < 1.29 is 9.18 Å². The molecule has 2 aromatic rings. The second-order valence-corrected chi connectivity index (χ2v) is 5.52. The average Bonchev–Trinajstić information content (AvgIpc) is 2.76.